The Bertz CT molecular complexity index is 1140. The number of ether oxygens (including phenoxy) is 2. The van der Waals surface area contributed by atoms with E-state index in [9.17, 15) is 9.59 Å². The van der Waals surface area contributed by atoms with E-state index in [4.69, 9.17) is 9.47 Å². The van der Waals surface area contributed by atoms with Gasteiger partial charge in [-0.2, -0.15) is 0 Å². The van der Waals surface area contributed by atoms with Gasteiger partial charge in [-0.15, -0.1) is 11.3 Å². The summed E-state index contributed by atoms with van der Waals surface area (Å²) in [7, 11) is 0. The second-order valence-electron chi connectivity index (χ2n) is 7.39. The molecule has 0 spiro atoms. The monoisotopic (exact) mass is 427 g/mol. The highest BCUT2D eigenvalue weighted by molar-refractivity contribution is 7.18. The number of benzene rings is 1. The number of fused-ring (bicyclic) bond motifs is 2. The lowest BCUT2D eigenvalue weighted by atomic mass is 10.2. The van der Waals surface area contributed by atoms with Crippen molar-refractivity contribution in [2.24, 2.45) is 0 Å². The first kappa shape index (κ1) is 20.4. The van der Waals surface area contributed by atoms with Gasteiger partial charge in [0.15, 0.2) is 17.6 Å². The van der Waals surface area contributed by atoms with Gasteiger partial charge < -0.3 is 14.4 Å². The summed E-state index contributed by atoms with van der Waals surface area (Å²) in [4.78, 5) is 33.6. The average Bonchev–Trinajstić information content (AvgIpc) is 3.05. The van der Waals surface area contributed by atoms with Crippen LogP contribution in [0.5, 0.6) is 11.5 Å². The fraction of sp³-hybridized carbons (Fsp3) is 0.409. The summed E-state index contributed by atoms with van der Waals surface area (Å²) >= 11 is 1.52. The first-order chi connectivity index (χ1) is 14.5. The molecule has 3 heterocycles. The highest BCUT2D eigenvalue weighted by Gasteiger charge is 2.24. The van der Waals surface area contributed by atoms with Gasteiger partial charge >= 0.3 is 0 Å². The lowest BCUT2D eigenvalue weighted by Gasteiger charge is -2.31. The van der Waals surface area contributed by atoms with Gasteiger partial charge in [0.25, 0.3) is 5.56 Å². The molecular weight excluding hydrogens is 402 g/mol. The molecule has 158 valence electrons. The van der Waals surface area contributed by atoms with Crippen molar-refractivity contribution in [1.29, 1.82) is 0 Å². The summed E-state index contributed by atoms with van der Waals surface area (Å²) in [5.74, 6) is 1.40. The van der Waals surface area contributed by atoms with E-state index in [1.165, 1.54) is 15.9 Å². The molecule has 1 atom stereocenters. The van der Waals surface area contributed by atoms with E-state index >= 15 is 0 Å². The second kappa shape index (κ2) is 8.47. The highest BCUT2D eigenvalue weighted by atomic mass is 32.1. The first-order valence-corrected chi connectivity index (χ1v) is 10.9. The zero-order chi connectivity index (χ0) is 21.3. The lowest BCUT2D eigenvalue weighted by Crippen LogP contribution is -2.44. The summed E-state index contributed by atoms with van der Waals surface area (Å²) in [5, 5.41) is 0.659. The summed E-state index contributed by atoms with van der Waals surface area (Å²) in [6.07, 6.45) is 1.55. The number of carbonyl (C=O) groups excluding carboxylic acids is 1. The molecule has 1 unspecified atom stereocenters. The maximum absolute atomic E-state index is 12.8. The Kier molecular flexibility index (Phi) is 5.76. The number of hydrogen-bond acceptors (Lipinski definition) is 6. The second-order valence-corrected chi connectivity index (χ2v) is 8.59. The van der Waals surface area contributed by atoms with E-state index in [0.717, 1.165) is 21.0 Å². The number of hydrogen-bond donors (Lipinski definition) is 0. The summed E-state index contributed by atoms with van der Waals surface area (Å²) < 4.78 is 13.3. The number of thiophene rings is 1. The smallest absolute Gasteiger partial charge is 0.262 e. The molecule has 3 aromatic rings. The van der Waals surface area contributed by atoms with Crippen LogP contribution in [0, 0.1) is 13.8 Å². The van der Waals surface area contributed by atoms with Gasteiger partial charge in [-0.1, -0.05) is 12.1 Å². The Hall–Kier alpha value is -2.87. The molecule has 4 rings (SSSR count). The standard InChI is InChI=1S/C22H25N3O4S/c1-4-24(11-16-12-28-17-7-5-6-8-18(17)29-16)19(26)9-10-25-13-23-21-20(22(25)27)14(2)15(3)30-21/h5-8,13,16H,4,9-12H2,1-3H3. The maximum Gasteiger partial charge on any atom is 0.262 e. The predicted molar refractivity (Wildman–Crippen MR) is 117 cm³/mol. The Balaban J connectivity index is 1.40. The largest absolute Gasteiger partial charge is 0.486 e. The van der Waals surface area contributed by atoms with Crippen molar-refractivity contribution in [2.45, 2.75) is 39.8 Å². The van der Waals surface area contributed by atoms with Crippen LogP contribution >= 0.6 is 11.3 Å². The minimum Gasteiger partial charge on any atom is -0.486 e. The fourth-order valence-corrected chi connectivity index (χ4v) is 4.60. The molecule has 2 aromatic heterocycles. The Morgan fingerprint density at radius 1 is 1.30 bits per heavy atom. The molecule has 0 fully saturated rings. The number of aryl methyl sites for hydroxylation is 3. The molecule has 1 amide bonds. The number of nitrogens with zero attached hydrogens (tertiary/aromatic N) is 3. The number of para-hydroxylation sites is 2. The number of amides is 1. The van der Waals surface area contributed by atoms with Crippen LogP contribution in [0.4, 0.5) is 0 Å². The van der Waals surface area contributed by atoms with Gasteiger partial charge in [-0.25, -0.2) is 4.98 Å². The topological polar surface area (TPSA) is 73.7 Å². The molecule has 7 nitrogen and oxygen atoms in total. The van der Waals surface area contributed by atoms with Crippen molar-refractivity contribution in [3.8, 4) is 11.5 Å². The molecule has 1 aliphatic rings. The molecule has 0 saturated heterocycles. The van der Waals surface area contributed by atoms with Crippen molar-refractivity contribution < 1.29 is 14.3 Å². The van der Waals surface area contributed by atoms with Crippen molar-refractivity contribution in [2.75, 3.05) is 19.7 Å². The van der Waals surface area contributed by atoms with Crippen molar-refractivity contribution in [3.05, 3.63) is 51.4 Å². The van der Waals surface area contributed by atoms with Crippen molar-refractivity contribution in [1.82, 2.24) is 14.5 Å². The van der Waals surface area contributed by atoms with E-state index in [1.807, 2.05) is 45.0 Å². The lowest BCUT2D eigenvalue weighted by molar-refractivity contribution is -0.132. The van der Waals surface area contributed by atoms with Gasteiger partial charge in [0, 0.05) is 24.4 Å². The molecule has 0 saturated carbocycles. The summed E-state index contributed by atoms with van der Waals surface area (Å²) in [5.41, 5.74) is 0.886. The number of rotatable bonds is 6. The number of aromatic nitrogens is 2. The number of likely N-dealkylation sites (N-methyl/N-ethyl adjacent to an activating group) is 1. The third-order valence-corrected chi connectivity index (χ3v) is 6.56. The quantitative estimate of drug-likeness (QED) is 0.604. The Morgan fingerprint density at radius 3 is 2.83 bits per heavy atom. The van der Waals surface area contributed by atoms with E-state index < -0.39 is 0 Å². The zero-order valence-corrected chi connectivity index (χ0v) is 18.2. The van der Waals surface area contributed by atoms with E-state index in [2.05, 4.69) is 4.98 Å². The van der Waals surface area contributed by atoms with Crippen molar-refractivity contribution >= 4 is 27.5 Å². The van der Waals surface area contributed by atoms with E-state index in [-0.39, 0.29) is 24.0 Å². The predicted octanol–water partition coefficient (Wildman–Crippen LogP) is 3.15. The van der Waals surface area contributed by atoms with E-state index in [1.54, 1.807) is 11.2 Å². The summed E-state index contributed by atoms with van der Waals surface area (Å²) in [6.45, 7) is 7.58. The molecule has 8 heteroatoms. The highest BCUT2D eigenvalue weighted by Crippen LogP contribution is 2.31. The van der Waals surface area contributed by atoms with Crippen LogP contribution in [0.25, 0.3) is 10.2 Å². The summed E-state index contributed by atoms with van der Waals surface area (Å²) in [6, 6.07) is 7.53. The minimum absolute atomic E-state index is 0.0230. The maximum atomic E-state index is 12.8. The molecule has 0 aliphatic carbocycles. The molecule has 1 aliphatic heterocycles. The molecule has 0 N–H and O–H groups in total. The SMILES string of the molecule is CCN(CC1COc2ccccc2O1)C(=O)CCn1cnc2sc(C)c(C)c2c1=O. The van der Waals surface area contributed by atoms with Gasteiger partial charge in [-0.05, 0) is 38.5 Å². The van der Waals surface area contributed by atoms with Gasteiger partial charge in [0.2, 0.25) is 5.91 Å². The van der Waals surface area contributed by atoms with Gasteiger partial charge in [-0.3, -0.25) is 14.2 Å². The van der Waals surface area contributed by atoms with Crippen LogP contribution in [0.2, 0.25) is 0 Å². The average molecular weight is 428 g/mol. The Morgan fingerprint density at radius 2 is 2.07 bits per heavy atom. The van der Waals surface area contributed by atoms with Crippen LogP contribution in [0.3, 0.4) is 0 Å². The van der Waals surface area contributed by atoms with Crippen LogP contribution in [-0.4, -0.2) is 46.2 Å². The first-order valence-electron chi connectivity index (χ1n) is 10.1. The van der Waals surface area contributed by atoms with Crippen LogP contribution in [0.1, 0.15) is 23.8 Å². The minimum atomic E-state index is -0.221. The van der Waals surface area contributed by atoms with Crippen LogP contribution in [0.15, 0.2) is 35.4 Å². The van der Waals surface area contributed by atoms with Crippen LogP contribution in [-0.2, 0) is 11.3 Å². The van der Waals surface area contributed by atoms with Gasteiger partial charge in [0.1, 0.15) is 11.4 Å². The van der Waals surface area contributed by atoms with Crippen LogP contribution < -0.4 is 15.0 Å². The molecule has 0 radical (unpaired) electrons. The normalized spacial score (nSPS) is 15.4. The fourth-order valence-electron chi connectivity index (χ4n) is 3.61. The molecule has 0 bridgehead atoms. The third-order valence-electron chi connectivity index (χ3n) is 5.45. The number of carbonyl (C=O) groups is 1. The third kappa shape index (κ3) is 3.92. The zero-order valence-electron chi connectivity index (χ0n) is 17.4. The van der Waals surface area contributed by atoms with E-state index in [0.29, 0.717) is 37.4 Å². The van der Waals surface area contributed by atoms with Crippen molar-refractivity contribution in [3.63, 3.8) is 0 Å². The molecule has 1 aromatic carbocycles. The van der Waals surface area contributed by atoms with Gasteiger partial charge in [0.05, 0.1) is 18.3 Å². The Labute approximate surface area is 178 Å². The molecular formula is C22H25N3O4S. The molecule has 30 heavy (non-hydrogen) atoms.